The van der Waals surface area contributed by atoms with Crippen molar-refractivity contribution in [2.75, 3.05) is 12.0 Å². The molecule has 1 aliphatic heterocycles. The van der Waals surface area contributed by atoms with Crippen LogP contribution >= 0.6 is 24.0 Å². The zero-order valence-electron chi connectivity index (χ0n) is 15.9. The van der Waals surface area contributed by atoms with Crippen LogP contribution in [0.3, 0.4) is 0 Å². The number of thioether (sulfide) groups is 1. The van der Waals surface area contributed by atoms with E-state index < -0.39 is 0 Å². The molecule has 2 rings (SSSR count). The molecule has 1 fully saturated rings. The summed E-state index contributed by atoms with van der Waals surface area (Å²) in [6.07, 6.45) is 4.39. The molecule has 1 saturated heterocycles. The number of amides is 1. The Hall–Kier alpha value is -2.05. The topological polar surface area (TPSA) is 38.8 Å². The number of carbonyl (C=O) groups is 1. The van der Waals surface area contributed by atoms with Crippen molar-refractivity contribution in [2.45, 2.75) is 34.1 Å². The van der Waals surface area contributed by atoms with Crippen LogP contribution in [0.15, 0.2) is 59.4 Å². The highest BCUT2D eigenvalue weighted by Gasteiger charge is 2.33. The lowest BCUT2D eigenvalue weighted by atomic mass is 10.2. The van der Waals surface area contributed by atoms with Crippen LogP contribution in [0.5, 0.6) is 5.75 Å². The SMILES string of the molecule is C=C(C)OC(=C\CC)/C=C1\SC(=S)N(c2cccc(OC)c2)C1=O.CC. The van der Waals surface area contributed by atoms with Gasteiger partial charge in [-0.15, -0.1) is 0 Å². The predicted octanol–water partition coefficient (Wildman–Crippen LogP) is 5.81. The number of carbonyl (C=O) groups excluding carboxylic acids is 1. The van der Waals surface area contributed by atoms with Crippen LogP contribution in [-0.2, 0) is 9.53 Å². The number of methoxy groups -OCH3 is 1. The fourth-order valence-electron chi connectivity index (χ4n) is 2.10. The smallest absolute Gasteiger partial charge is 0.270 e. The van der Waals surface area contributed by atoms with Crippen LogP contribution in [0, 0.1) is 0 Å². The Morgan fingerprint density at radius 1 is 1.38 bits per heavy atom. The third-order valence-corrected chi connectivity index (χ3v) is 4.38. The Labute approximate surface area is 165 Å². The van der Waals surface area contributed by atoms with Gasteiger partial charge >= 0.3 is 0 Å². The normalized spacial score (nSPS) is 15.7. The summed E-state index contributed by atoms with van der Waals surface area (Å²) in [6.45, 7) is 11.5. The molecule has 1 aromatic rings. The lowest BCUT2D eigenvalue weighted by Gasteiger charge is -2.15. The number of allylic oxidation sites excluding steroid dienone is 3. The number of hydrogen-bond donors (Lipinski definition) is 0. The first-order valence-electron chi connectivity index (χ1n) is 8.41. The van der Waals surface area contributed by atoms with Crippen LogP contribution < -0.4 is 9.64 Å². The highest BCUT2D eigenvalue weighted by Crippen LogP contribution is 2.36. The van der Waals surface area contributed by atoms with Crippen molar-refractivity contribution in [3.63, 3.8) is 0 Å². The first kappa shape index (κ1) is 22.0. The van der Waals surface area contributed by atoms with E-state index in [0.717, 1.165) is 6.42 Å². The van der Waals surface area contributed by atoms with Gasteiger partial charge in [0.05, 0.1) is 23.5 Å². The van der Waals surface area contributed by atoms with Gasteiger partial charge in [-0.25, -0.2) is 0 Å². The van der Waals surface area contributed by atoms with E-state index in [9.17, 15) is 4.79 Å². The Balaban J connectivity index is 0.00000163. The maximum Gasteiger partial charge on any atom is 0.270 e. The zero-order valence-corrected chi connectivity index (χ0v) is 17.5. The largest absolute Gasteiger partial charge is 0.497 e. The van der Waals surface area contributed by atoms with E-state index in [0.29, 0.717) is 32.2 Å². The summed E-state index contributed by atoms with van der Waals surface area (Å²) in [5, 5.41) is 0. The lowest BCUT2D eigenvalue weighted by molar-refractivity contribution is -0.113. The molecule has 0 spiro atoms. The molecule has 1 heterocycles. The fourth-order valence-corrected chi connectivity index (χ4v) is 3.38. The molecule has 0 bridgehead atoms. The van der Waals surface area contributed by atoms with Crippen molar-refractivity contribution in [1.82, 2.24) is 0 Å². The average molecular weight is 392 g/mol. The second kappa shape index (κ2) is 10.8. The highest BCUT2D eigenvalue weighted by molar-refractivity contribution is 8.27. The van der Waals surface area contributed by atoms with Crippen molar-refractivity contribution in [2.24, 2.45) is 0 Å². The molecule has 0 saturated carbocycles. The van der Waals surface area contributed by atoms with Crippen molar-refractivity contribution in [3.8, 4) is 5.75 Å². The third-order valence-electron chi connectivity index (χ3n) is 3.08. The van der Waals surface area contributed by atoms with Gasteiger partial charge < -0.3 is 9.47 Å². The summed E-state index contributed by atoms with van der Waals surface area (Å²) in [7, 11) is 1.58. The second-order valence-corrected chi connectivity index (χ2v) is 6.71. The number of anilines is 1. The molecule has 1 aliphatic rings. The van der Waals surface area contributed by atoms with Crippen molar-refractivity contribution < 1.29 is 14.3 Å². The van der Waals surface area contributed by atoms with Gasteiger partial charge in [0.25, 0.3) is 5.91 Å². The summed E-state index contributed by atoms with van der Waals surface area (Å²) >= 11 is 6.62. The van der Waals surface area contributed by atoms with Crippen molar-refractivity contribution in [1.29, 1.82) is 0 Å². The molecule has 0 atom stereocenters. The minimum Gasteiger partial charge on any atom is -0.497 e. The summed E-state index contributed by atoms with van der Waals surface area (Å²) in [6, 6.07) is 7.24. The fraction of sp³-hybridized carbons (Fsp3) is 0.300. The van der Waals surface area contributed by atoms with E-state index in [1.807, 2.05) is 45.0 Å². The van der Waals surface area contributed by atoms with Gasteiger partial charge in [0.2, 0.25) is 0 Å². The maximum absolute atomic E-state index is 12.7. The number of thiocarbonyl (C=S) groups is 1. The van der Waals surface area contributed by atoms with E-state index in [1.54, 1.807) is 26.2 Å². The Morgan fingerprint density at radius 2 is 2.08 bits per heavy atom. The van der Waals surface area contributed by atoms with Crippen LogP contribution in [0.4, 0.5) is 5.69 Å². The van der Waals surface area contributed by atoms with Gasteiger partial charge in [-0.2, -0.15) is 0 Å². The first-order chi connectivity index (χ1) is 12.5. The number of rotatable bonds is 6. The summed E-state index contributed by atoms with van der Waals surface area (Å²) in [4.78, 5) is 14.8. The molecule has 0 radical (unpaired) electrons. The zero-order chi connectivity index (χ0) is 19.7. The van der Waals surface area contributed by atoms with Gasteiger partial charge in [-0.05, 0) is 31.6 Å². The van der Waals surface area contributed by atoms with Crippen molar-refractivity contribution in [3.05, 3.63) is 59.4 Å². The van der Waals surface area contributed by atoms with E-state index in [1.165, 1.54) is 16.7 Å². The molecule has 0 N–H and O–H groups in total. The van der Waals surface area contributed by atoms with Crippen LogP contribution in [0.1, 0.15) is 34.1 Å². The molecule has 0 unspecified atom stereocenters. The minimum absolute atomic E-state index is 0.175. The Morgan fingerprint density at radius 3 is 2.65 bits per heavy atom. The molecule has 4 nitrogen and oxygen atoms in total. The number of ether oxygens (including phenoxy) is 2. The first-order valence-corrected chi connectivity index (χ1v) is 9.64. The Bertz CT molecular complexity index is 738. The second-order valence-electron chi connectivity index (χ2n) is 5.04. The molecule has 6 heteroatoms. The van der Waals surface area contributed by atoms with E-state index in [-0.39, 0.29) is 5.91 Å². The van der Waals surface area contributed by atoms with E-state index in [2.05, 4.69) is 6.58 Å². The Kier molecular flexibility index (Phi) is 9.16. The summed E-state index contributed by atoms with van der Waals surface area (Å²) in [5.41, 5.74) is 0.682. The molecule has 0 aromatic heterocycles. The average Bonchev–Trinajstić information content (AvgIpc) is 2.90. The molecular weight excluding hydrogens is 366 g/mol. The number of benzene rings is 1. The minimum atomic E-state index is -0.175. The van der Waals surface area contributed by atoms with Crippen molar-refractivity contribution >= 4 is 39.9 Å². The van der Waals surface area contributed by atoms with Gasteiger partial charge in [-0.3, -0.25) is 9.69 Å². The molecular formula is C20H25NO3S2. The van der Waals surface area contributed by atoms with E-state index in [4.69, 9.17) is 21.7 Å². The molecule has 1 amide bonds. The molecule has 0 aliphatic carbocycles. The van der Waals surface area contributed by atoms with Gasteiger partial charge in [0.1, 0.15) is 11.5 Å². The maximum atomic E-state index is 12.7. The molecule has 1 aromatic carbocycles. The standard InChI is InChI=1S/C18H19NO3S2.C2H6/c1-5-7-15(22-12(2)3)11-16-17(20)19(18(23)24-16)13-8-6-9-14(10-13)21-4;1-2/h6-11H,2,5H2,1,3-4H3;1-2H3/b15-7-,16-11-;. The number of hydrogen-bond acceptors (Lipinski definition) is 5. The van der Waals surface area contributed by atoms with Crippen LogP contribution in [-0.4, -0.2) is 17.3 Å². The quantitative estimate of drug-likeness (QED) is 0.347. The number of nitrogens with zero attached hydrogens (tertiary/aromatic N) is 1. The van der Waals surface area contributed by atoms with Gasteiger partial charge in [0.15, 0.2) is 4.32 Å². The molecule has 140 valence electrons. The van der Waals surface area contributed by atoms with Gasteiger partial charge in [-0.1, -0.05) is 57.4 Å². The van der Waals surface area contributed by atoms with E-state index >= 15 is 0 Å². The summed E-state index contributed by atoms with van der Waals surface area (Å²) in [5.74, 6) is 1.65. The van der Waals surface area contributed by atoms with Crippen LogP contribution in [0.25, 0.3) is 0 Å². The third kappa shape index (κ3) is 5.75. The van der Waals surface area contributed by atoms with Gasteiger partial charge in [0, 0.05) is 12.1 Å². The predicted molar refractivity (Wildman–Crippen MR) is 114 cm³/mol. The molecule has 26 heavy (non-hydrogen) atoms. The monoisotopic (exact) mass is 391 g/mol. The highest BCUT2D eigenvalue weighted by atomic mass is 32.2. The summed E-state index contributed by atoms with van der Waals surface area (Å²) < 4.78 is 11.2. The van der Waals surface area contributed by atoms with Crippen LogP contribution in [0.2, 0.25) is 0 Å². The lowest BCUT2D eigenvalue weighted by Crippen LogP contribution is -2.27.